The van der Waals surface area contributed by atoms with Gasteiger partial charge in [-0.15, -0.1) is 0 Å². The number of sulfonamides is 1. The molecule has 0 radical (unpaired) electrons. The Balaban J connectivity index is 1.50. The van der Waals surface area contributed by atoms with E-state index < -0.39 is 15.8 Å². The second-order valence-corrected chi connectivity index (χ2v) is 7.90. The fraction of sp³-hybridized carbons (Fsp3) is 0.375. The van der Waals surface area contributed by atoms with Crippen molar-refractivity contribution in [1.29, 1.82) is 0 Å². The lowest BCUT2D eigenvalue weighted by Crippen LogP contribution is -2.24. The lowest BCUT2D eigenvalue weighted by molar-refractivity contribution is 0.00401. The van der Waals surface area contributed by atoms with E-state index in [1.165, 1.54) is 24.4 Å². The number of anilines is 1. The van der Waals surface area contributed by atoms with E-state index in [1.54, 1.807) is 10.9 Å². The molecule has 9 nitrogen and oxygen atoms in total. The van der Waals surface area contributed by atoms with E-state index in [2.05, 4.69) is 14.8 Å². The van der Waals surface area contributed by atoms with Gasteiger partial charge in [-0.2, -0.15) is 5.10 Å². The van der Waals surface area contributed by atoms with Gasteiger partial charge in [-0.25, -0.2) is 13.2 Å². The second kappa shape index (κ2) is 6.61. The number of ether oxygens (including phenoxy) is 1. The van der Waals surface area contributed by atoms with Gasteiger partial charge in [-0.05, 0) is 37.5 Å². The molecule has 0 amide bonds. The van der Waals surface area contributed by atoms with Crippen LogP contribution in [0.4, 0.5) is 5.69 Å². The van der Waals surface area contributed by atoms with Crippen LogP contribution in [-0.2, 0) is 21.3 Å². The van der Waals surface area contributed by atoms with E-state index in [4.69, 9.17) is 9.15 Å². The molecule has 0 aliphatic carbocycles. The molecule has 0 bridgehead atoms. The van der Waals surface area contributed by atoms with Crippen molar-refractivity contribution in [2.45, 2.75) is 36.8 Å². The van der Waals surface area contributed by atoms with Gasteiger partial charge in [-0.1, -0.05) is 0 Å². The minimum absolute atomic E-state index is 0.0189. The molecule has 26 heavy (non-hydrogen) atoms. The van der Waals surface area contributed by atoms with Gasteiger partial charge in [0.25, 0.3) is 10.0 Å². The third-order valence-corrected chi connectivity index (χ3v) is 5.63. The van der Waals surface area contributed by atoms with Crippen molar-refractivity contribution in [1.82, 2.24) is 14.8 Å². The topological polar surface area (TPSA) is 119 Å². The Morgan fingerprint density at radius 2 is 2.23 bits per heavy atom. The fourth-order valence-electron chi connectivity index (χ4n) is 2.99. The van der Waals surface area contributed by atoms with Crippen molar-refractivity contribution >= 4 is 26.8 Å². The maximum absolute atomic E-state index is 12.6. The Bertz CT molecular complexity index is 1080. The van der Waals surface area contributed by atoms with E-state index >= 15 is 0 Å². The summed E-state index contributed by atoms with van der Waals surface area (Å²) in [6.07, 6.45) is 6.38. The average molecular weight is 378 g/mol. The normalized spacial score (nSPS) is 18.2. The minimum Gasteiger partial charge on any atom is -0.408 e. The first-order valence-corrected chi connectivity index (χ1v) is 9.78. The summed E-state index contributed by atoms with van der Waals surface area (Å²) >= 11 is 0. The summed E-state index contributed by atoms with van der Waals surface area (Å²) in [5, 5.41) is 4.19. The van der Waals surface area contributed by atoms with Crippen LogP contribution in [0.5, 0.6) is 0 Å². The van der Waals surface area contributed by atoms with Crippen molar-refractivity contribution in [3.8, 4) is 0 Å². The summed E-state index contributed by atoms with van der Waals surface area (Å²) in [4.78, 5) is 13.7. The highest BCUT2D eigenvalue weighted by Gasteiger charge is 2.18. The maximum Gasteiger partial charge on any atom is 0.417 e. The van der Waals surface area contributed by atoms with E-state index in [9.17, 15) is 13.2 Å². The van der Waals surface area contributed by atoms with Crippen LogP contribution in [0.2, 0.25) is 0 Å². The van der Waals surface area contributed by atoms with E-state index in [1.807, 2.05) is 0 Å². The number of H-pyrrole nitrogens is 1. The predicted molar refractivity (Wildman–Crippen MR) is 93.5 cm³/mol. The lowest BCUT2D eigenvalue weighted by Gasteiger charge is -2.22. The minimum atomic E-state index is -3.81. The van der Waals surface area contributed by atoms with Gasteiger partial charge in [0.1, 0.15) is 0 Å². The van der Waals surface area contributed by atoms with Crippen molar-refractivity contribution in [3.63, 3.8) is 0 Å². The maximum atomic E-state index is 12.6. The SMILES string of the molecule is O=c1[nH]c2cc(S(=O)(=O)Nc3cnn(CC4CCCCO4)c3)ccc2o1. The highest BCUT2D eigenvalue weighted by Crippen LogP contribution is 2.20. The Kier molecular flexibility index (Phi) is 4.29. The highest BCUT2D eigenvalue weighted by molar-refractivity contribution is 7.92. The molecule has 1 aromatic carbocycles. The Morgan fingerprint density at radius 3 is 3.04 bits per heavy atom. The largest absolute Gasteiger partial charge is 0.417 e. The molecule has 1 atom stereocenters. The van der Waals surface area contributed by atoms with Crippen LogP contribution in [0.1, 0.15) is 19.3 Å². The Hall–Kier alpha value is -2.59. The number of fused-ring (bicyclic) bond motifs is 1. The predicted octanol–water partition coefficient (Wildman–Crippen LogP) is 1.69. The van der Waals surface area contributed by atoms with Gasteiger partial charge in [0.2, 0.25) is 0 Å². The number of aromatic amines is 1. The van der Waals surface area contributed by atoms with Crippen LogP contribution in [0, 0.1) is 0 Å². The van der Waals surface area contributed by atoms with Crippen LogP contribution in [0.15, 0.2) is 44.7 Å². The first kappa shape index (κ1) is 16.9. The third-order valence-electron chi connectivity index (χ3n) is 4.25. The van der Waals surface area contributed by atoms with Crippen molar-refractivity contribution in [2.75, 3.05) is 11.3 Å². The molecule has 1 aliphatic rings. The zero-order chi connectivity index (χ0) is 18.1. The van der Waals surface area contributed by atoms with Gasteiger partial charge >= 0.3 is 5.76 Å². The molecule has 0 saturated carbocycles. The summed E-state index contributed by atoms with van der Waals surface area (Å²) in [5.74, 6) is -0.631. The van der Waals surface area contributed by atoms with Crippen LogP contribution < -0.4 is 10.5 Å². The summed E-state index contributed by atoms with van der Waals surface area (Å²) in [6.45, 7) is 1.34. The van der Waals surface area contributed by atoms with E-state index in [0.29, 0.717) is 23.3 Å². The van der Waals surface area contributed by atoms with Crippen LogP contribution in [-0.4, -0.2) is 35.9 Å². The number of aromatic nitrogens is 3. The van der Waals surface area contributed by atoms with E-state index in [0.717, 1.165) is 25.9 Å². The summed E-state index contributed by atoms with van der Waals surface area (Å²) < 4.78 is 39.8. The number of nitrogens with zero attached hydrogens (tertiary/aromatic N) is 2. The molecule has 4 rings (SSSR count). The molecule has 1 saturated heterocycles. The third kappa shape index (κ3) is 3.51. The first-order chi connectivity index (χ1) is 12.5. The first-order valence-electron chi connectivity index (χ1n) is 8.29. The van der Waals surface area contributed by atoms with Crippen molar-refractivity contribution in [3.05, 3.63) is 41.1 Å². The number of oxazole rings is 1. The van der Waals surface area contributed by atoms with E-state index in [-0.39, 0.29) is 11.0 Å². The smallest absolute Gasteiger partial charge is 0.408 e. The molecular formula is C16H18N4O5S. The number of hydrogen-bond donors (Lipinski definition) is 2. The molecular weight excluding hydrogens is 360 g/mol. The Morgan fingerprint density at radius 1 is 1.35 bits per heavy atom. The molecule has 1 fully saturated rings. The van der Waals surface area contributed by atoms with Gasteiger partial charge in [0.15, 0.2) is 5.58 Å². The van der Waals surface area contributed by atoms with Crippen LogP contribution in [0.25, 0.3) is 11.1 Å². The van der Waals surface area contributed by atoms with Crippen molar-refractivity contribution in [2.24, 2.45) is 0 Å². The molecule has 138 valence electrons. The van der Waals surface area contributed by atoms with Crippen LogP contribution >= 0.6 is 0 Å². The molecule has 0 spiro atoms. The number of benzene rings is 1. The lowest BCUT2D eigenvalue weighted by atomic mass is 10.1. The molecule has 1 unspecified atom stereocenters. The average Bonchev–Trinajstić information content (AvgIpc) is 3.19. The fourth-order valence-corrected chi connectivity index (χ4v) is 4.04. The van der Waals surface area contributed by atoms with Crippen LogP contribution in [0.3, 0.4) is 0 Å². The molecule has 1 aliphatic heterocycles. The Labute approximate surface area is 149 Å². The second-order valence-electron chi connectivity index (χ2n) is 6.22. The molecule has 3 heterocycles. The zero-order valence-electron chi connectivity index (χ0n) is 13.8. The summed E-state index contributed by atoms with van der Waals surface area (Å²) in [7, 11) is -3.81. The number of hydrogen-bond acceptors (Lipinski definition) is 6. The molecule has 2 N–H and O–H groups in total. The monoisotopic (exact) mass is 378 g/mol. The highest BCUT2D eigenvalue weighted by atomic mass is 32.2. The zero-order valence-corrected chi connectivity index (χ0v) is 14.7. The molecule has 10 heteroatoms. The van der Waals surface area contributed by atoms with Gasteiger partial charge in [0, 0.05) is 12.8 Å². The van der Waals surface area contributed by atoms with Gasteiger partial charge in [-0.3, -0.25) is 14.4 Å². The molecule has 2 aromatic heterocycles. The quantitative estimate of drug-likeness (QED) is 0.697. The summed E-state index contributed by atoms with van der Waals surface area (Å²) in [5.41, 5.74) is 0.985. The van der Waals surface area contributed by atoms with Gasteiger partial charge in [0.05, 0.1) is 34.9 Å². The summed E-state index contributed by atoms with van der Waals surface area (Å²) in [6, 6.07) is 4.16. The standard InChI is InChI=1S/C16H18N4O5S/c21-16-18-14-7-13(4-5-15(14)25-16)26(22,23)19-11-8-17-20(9-11)10-12-3-1-2-6-24-12/h4-5,7-9,12,19H,1-3,6,10H2,(H,18,21). The molecule has 3 aromatic rings. The van der Waals surface area contributed by atoms with Crippen molar-refractivity contribution < 1.29 is 17.6 Å². The van der Waals surface area contributed by atoms with Gasteiger partial charge < -0.3 is 9.15 Å². The number of rotatable bonds is 5. The number of nitrogens with one attached hydrogen (secondary N) is 2.